The first-order valence-corrected chi connectivity index (χ1v) is 4.68. The standard InChI is InChI=1S/C10H16N2O2/c1-7(11)6-10(13)12-8(2)9-4-3-5-14-9/h3-5,7-8H,6,11H2,1-2H3,(H,12,13)/t7?,8-/m1/s1. The van der Waals surface area contributed by atoms with E-state index in [0.29, 0.717) is 6.42 Å². The molecule has 0 saturated heterocycles. The largest absolute Gasteiger partial charge is 0.467 e. The monoisotopic (exact) mass is 196 g/mol. The van der Waals surface area contributed by atoms with Crippen LogP contribution in [0.25, 0.3) is 0 Å². The zero-order valence-corrected chi connectivity index (χ0v) is 8.49. The van der Waals surface area contributed by atoms with Gasteiger partial charge in [-0.1, -0.05) is 0 Å². The Kier molecular flexibility index (Phi) is 3.71. The molecule has 1 amide bonds. The van der Waals surface area contributed by atoms with E-state index < -0.39 is 0 Å². The summed E-state index contributed by atoms with van der Waals surface area (Å²) >= 11 is 0. The minimum Gasteiger partial charge on any atom is -0.467 e. The van der Waals surface area contributed by atoms with E-state index in [1.165, 1.54) is 0 Å². The highest BCUT2D eigenvalue weighted by molar-refractivity contribution is 5.76. The van der Waals surface area contributed by atoms with Crippen LogP contribution in [0.2, 0.25) is 0 Å². The highest BCUT2D eigenvalue weighted by Gasteiger charge is 2.12. The SMILES string of the molecule is CC(N)CC(=O)N[C@H](C)c1ccco1. The fourth-order valence-corrected chi connectivity index (χ4v) is 1.20. The van der Waals surface area contributed by atoms with E-state index in [0.717, 1.165) is 5.76 Å². The third-order valence-corrected chi connectivity index (χ3v) is 1.85. The van der Waals surface area contributed by atoms with Crippen LogP contribution < -0.4 is 11.1 Å². The van der Waals surface area contributed by atoms with Crippen LogP contribution >= 0.6 is 0 Å². The smallest absolute Gasteiger partial charge is 0.222 e. The van der Waals surface area contributed by atoms with Gasteiger partial charge in [-0.25, -0.2) is 0 Å². The summed E-state index contributed by atoms with van der Waals surface area (Å²) in [6.45, 7) is 3.68. The normalized spacial score (nSPS) is 14.8. The van der Waals surface area contributed by atoms with Gasteiger partial charge in [-0.3, -0.25) is 4.79 Å². The second kappa shape index (κ2) is 4.81. The van der Waals surface area contributed by atoms with Crippen molar-refractivity contribution in [1.29, 1.82) is 0 Å². The average Bonchev–Trinajstić information content (AvgIpc) is 2.53. The Morgan fingerprint density at radius 2 is 2.36 bits per heavy atom. The molecule has 2 atom stereocenters. The Hall–Kier alpha value is -1.29. The van der Waals surface area contributed by atoms with E-state index in [-0.39, 0.29) is 18.0 Å². The minimum absolute atomic E-state index is 0.0519. The number of carbonyl (C=O) groups is 1. The molecule has 0 aromatic carbocycles. The molecule has 78 valence electrons. The predicted molar refractivity (Wildman–Crippen MR) is 53.5 cm³/mol. The Labute approximate surface area is 83.5 Å². The van der Waals surface area contributed by atoms with Crippen molar-refractivity contribution in [2.24, 2.45) is 5.73 Å². The molecule has 1 aromatic heterocycles. The second-order valence-corrected chi connectivity index (χ2v) is 3.49. The maximum absolute atomic E-state index is 11.3. The third kappa shape index (κ3) is 3.22. The van der Waals surface area contributed by atoms with Crippen molar-refractivity contribution < 1.29 is 9.21 Å². The number of carbonyl (C=O) groups excluding carboxylic acids is 1. The van der Waals surface area contributed by atoms with Gasteiger partial charge < -0.3 is 15.5 Å². The van der Waals surface area contributed by atoms with Crippen molar-refractivity contribution in [2.45, 2.75) is 32.4 Å². The number of nitrogens with two attached hydrogens (primary N) is 1. The van der Waals surface area contributed by atoms with Crippen LogP contribution in [-0.2, 0) is 4.79 Å². The predicted octanol–water partition coefficient (Wildman–Crippen LogP) is 1.19. The summed E-state index contributed by atoms with van der Waals surface area (Å²) in [4.78, 5) is 11.3. The van der Waals surface area contributed by atoms with Crippen molar-refractivity contribution >= 4 is 5.91 Å². The Morgan fingerprint density at radius 3 is 2.86 bits per heavy atom. The molecule has 0 aliphatic carbocycles. The van der Waals surface area contributed by atoms with Crippen LogP contribution in [0.4, 0.5) is 0 Å². The van der Waals surface area contributed by atoms with Crippen LogP contribution in [0, 0.1) is 0 Å². The highest BCUT2D eigenvalue weighted by atomic mass is 16.3. The van der Waals surface area contributed by atoms with Gasteiger partial charge in [-0.05, 0) is 26.0 Å². The van der Waals surface area contributed by atoms with Gasteiger partial charge in [0, 0.05) is 12.5 Å². The van der Waals surface area contributed by atoms with E-state index in [4.69, 9.17) is 10.2 Å². The molecule has 1 rings (SSSR count). The van der Waals surface area contributed by atoms with Crippen molar-refractivity contribution in [3.63, 3.8) is 0 Å². The van der Waals surface area contributed by atoms with Gasteiger partial charge >= 0.3 is 0 Å². The number of rotatable bonds is 4. The third-order valence-electron chi connectivity index (χ3n) is 1.85. The van der Waals surface area contributed by atoms with Gasteiger partial charge in [0.15, 0.2) is 0 Å². The Balaban J connectivity index is 2.41. The molecule has 0 aliphatic rings. The van der Waals surface area contributed by atoms with E-state index in [9.17, 15) is 4.79 Å². The summed E-state index contributed by atoms with van der Waals surface area (Å²) in [7, 11) is 0. The first-order valence-electron chi connectivity index (χ1n) is 4.68. The van der Waals surface area contributed by atoms with Gasteiger partial charge in [-0.2, -0.15) is 0 Å². The molecule has 1 aromatic rings. The van der Waals surface area contributed by atoms with Gasteiger partial charge in [0.1, 0.15) is 5.76 Å². The number of nitrogens with one attached hydrogen (secondary N) is 1. The number of furan rings is 1. The minimum atomic E-state index is -0.112. The molecule has 0 saturated carbocycles. The fraction of sp³-hybridized carbons (Fsp3) is 0.500. The van der Waals surface area contributed by atoms with Gasteiger partial charge in [0.05, 0.1) is 12.3 Å². The lowest BCUT2D eigenvalue weighted by Gasteiger charge is -2.12. The molecule has 0 spiro atoms. The molecule has 0 fully saturated rings. The first-order chi connectivity index (χ1) is 6.59. The first kappa shape index (κ1) is 10.8. The summed E-state index contributed by atoms with van der Waals surface area (Å²) in [6, 6.07) is 3.41. The molecular weight excluding hydrogens is 180 g/mol. The maximum Gasteiger partial charge on any atom is 0.222 e. The number of amides is 1. The molecule has 4 nitrogen and oxygen atoms in total. The van der Waals surface area contributed by atoms with E-state index in [1.54, 1.807) is 19.3 Å². The van der Waals surface area contributed by atoms with Crippen LogP contribution in [0.1, 0.15) is 32.1 Å². The van der Waals surface area contributed by atoms with Crippen LogP contribution in [0.5, 0.6) is 0 Å². The number of hydrogen-bond acceptors (Lipinski definition) is 3. The maximum atomic E-state index is 11.3. The molecule has 4 heteroatoms. The van der Waals surface area contributed by atoms with Gasteiger partial charge in [0.25, 0.3) is 0 Å². The van der Waals surface area contributed by atoms with Gasteiger partial charge in [0.2, 0.25) is 5.91 Å². The van der Waals surface area contributed by atoms with E-state index >= 15 is 0 Å². The van der Waals surface area contributed by atoms with E-state index in [1.807, 2.05) is 13.0 Å². The zero-order chi connectivity index (χ0) is 10.6. The van der Waals surface area contributed by atoms with Crippen molar-refractivity contribution in [3.05, 3.63) is 24.2 Å². The van der Waals surface area contributed by atoms with Crippen molar-refractivity contribution in [2.75, 3.05) is 0 Å². The number of hydrogen-bond donors (Lipinski definition) is 2. The Bertz CT molecular complexity index is 280. The molecule has 14 heavy (non-hydrogen) atoms. The lowest BCUT2D eigenvalue weighted by Crippen LogP contribution is -2.31. The van der Waals surface area contributed by atoms with Crippen molar-refractivity contribution in [1.82, 2.24) is 5.32 Å². The van der Waals surface area contributed by atoms with Crippen LogP contribution in [-0.4, -0.2) is 11.9 Å². The average molecular weight is 196 g/mol. The quantitative estimate of drug-likeness (QED) is 0.760. The lowest BCUT2D eigenvalue weighted by atomic mass is 10.2. The topological polar surface area (TPSA) is 68.3 Å². The summed E-state index contributed by atoms with van der Waals surface area (Å²) in [5.74, 6) is 0.701. The fourth-order valence-electron chi connectivity index (χ4n) is 1.20. The zero-order valence-electron chi connectivity index (χ0n) is 8.49. The molecule has 0 bridgehead atoms. The van der Waals surface area contributed by atoms with Crippen LogP contribution in [0.3, 0.4) is 0 Å². The van der Waals surface area contributed by atoms with Gasteiger partial charge in [-0.15, -0.1) is 0 Å². The molecule has 0 aliphatic heterocycles. The molecule has 1 unspecified atom stereocenters. The highest BCUT2D eigenvalue weighted by Crippen LogP contribution is 2.12. The second-order valence-electron chi connectivity index (χ2n) is 3.49. The summed E-state index contributed by atoms with van der Waals surface area (Å²) in [5, 5.41) is 2.80. The molecule has 3 N–H and O–H groups in total. The molecule has 1 heterocycles. The molecular formula is C10H16N2O2. The Morgan fingerprint density at radius 1 is 1.64 bits per heavy atom. The molecule has 0 radical (unpaired) electrons. The summed E-state index contributed by atoms with van der Waals surface area (Å²) < 4.78 is 5.16. The summed E-state index contributed by atoms with van der Waals surface area (Å²) in [5.41, 5.74) is 5.50. The lowest BCUT2D eigenvalue weighted by molar-refractivity contribution is -0.122. The van der Waals surface area contributed by atoms with E-state index in [2.05, 4.69) is 5.32 Å². The summed E-state index contributed by atoms with van der Waals surface area (Å²) in [6.07, 6.45) is 1.93. The van der Waals surface area contributed by atoms with Crippen LogP contribution in [0.15, 0.2) is 22.8 Å². The van der Waals surface area contributed by atoms with Crippen molar-refractivity contribution in [3.8, 4) is 0 Å².